The van der Waals surface area contributed by atoms with E-state index in [2.05, 4.69) is 5.32 Å². The van der Waals surface area contributed by atoms with Crippen LogP contribution in [0.1, 0.15) is 24.0 Å². The van der Waals surface area contributed by atoms with E-state index in [1.54, 1.807) is 60.7 Å². The van der Waals surface area contributed by atoms with Crippen LogP contribution in [0.5, 0.6) is 0 Å². The summed E-state index contributed by atoms with van der Waals surface area (Å²) in [7, 11) is -5.58. The number of halogens is 3. The summed E-state index contributed by atoms with van der Waals surface area (Å²) in [5.74, 6) is 0. The maximum Gasteiger partial charge on any atom is 0.511 e. The highest BCUT2D eigenvalue weighted by atomic mass is 32.2. The Morgan fingerprint density at radius 1 is 0.923 bits per heavy atom. The summed E-state index contributed by atoms with van der Waals surface area (Å²) in [6.07, 6.45) is 1.30. The number of hydrogen-bond donors (Lipinski definition) is 2. The van der Waals surface area contributed by atoms with Crippen LogP contribution in [0.25, 0.3) is 0 Å². The number of rotatable bonds is 5. The summed E-state index contributed by atoms with van der Waals surface area (Å²) in [4.78, 5) is 0. The highest BCUT2D eigenvalue weighted by molar-refractivity contribution is 7.90. The van der Waals surface area contributed by atoms with E-state index in [0.29, 0.717) is 24.1 Å². The molecule has 0 saturated carbocycles. The van der Waals surface area contributed by atoms with E-state index in [4.69, 9.17) is 0 Å². The monoisotopic (exact) mass is 384 g/mol. The first-order valence-corrected chi connectivity index (χ1v) is 9.70. The number of sulfonamides is 1. The highest BCUT2D eigenvalue weighted by Crippen LogP contribution is 2.39. The second-order valence-corrected chi connectivity index (χ2v) is 7.91. The van der Waals surface area contributed by atoms with Gasteiger partial charge >= 0.3 is 15.5 Å². The molecule has 2 aromatic rings. The quantitative estimate of drug-likeness (QED) is 0.833. The van der Waals surface area contributed by atoms with E-state index in [-0.39, 0.29) is 0 Å². The molecule has 1 atom stereocenters. The molecule has 1 aliphatic rings. The minimum Gasteiger partial charge on any atom is -0.311 e. The second kappa shape index (κ2) is 7.02. The van der Waals surface area contributed by atoms with Gasteiger partial charge in [-0.3, -0.25) is 0 Å². The SMILES string of the molecule is O=S(=O)(NC(c1ccccc1)(c1ccccc1)C1CCCN1)C(F)(F)F. The van der Waals surface area contributed by atoms with Gasteiger partial charge in [-0.1, -0.05) is 60.7 Å². The van der Waals surface area contributed by atoms with Crippen LogP contribution in [-0.2, 0) is 15.6 Å². The molecule has 0 amide bonds. The summed E-state index contributed by atoms with van der Waals surface area (Å²) in [5, 5.41) is 3.17. The number of alkyl halides is 3. The average molecular weight is 384 g/mol. The van der Waals surface area contributed by atoms with Gasteiger partial charge in [-0.2, -0.15) is 17.9 Å². The van der Waals surface area contributed by atoms with Crippen molar-refractivity contribution in [1.82, 2.24) is 10.0 Å². The molecule has 1 unspecified atom stereocenters. The van der Waals surface area contributed by atoms with E-state index in [0.717, 1.165) is 6.42 Å². The van der Waals surface area contributed by atoms with Crippen molar-refractivity contribution in [3.05, 3.63) is 71.8 Å². The normalized spacial score (nSPS) is 18.8. The van der Waals surface area contributed by atoms with Crippen molar-refractivity contribution in [1.29, 1.82) is 0 Å². The third kappa shape index (κ3) is 3.36. The largest absolute Gasteiger partial charge is 0.511 e. The molecule has 140 valence electrons. The van der Waals surface area contributed by atoms with E-state index in [9.17, 15) is 21.6 Å². The fourth-order valence-corrected chi connectivity index (χ4v) is 4.40. The van der Waals surface area contributed by atoms with Crippen molar-refractivity contribution >= 4 is 10.0 Å². The van der Waals surface area contributed by atoms with Crippen LogP contribution in [-0.4, -0.2) is 26.5 Å². The lowest BCUT2D eigenvalue weighted by molar-refractivity contribution is -0.0457. The molecule has 8 heteroatoms. The summed E-state index contributed by atoms with van der Waals surface area (Å²) >= 11 is 0. The number of nitrogens with one attached hydrogen (secondary N) is 2. The van der Waals surface area contributed by atoms with Crippen molar-refractivity contribution in [2.45, 2.75) is 29.9 Å². The zero-order chi connectivity index (χ0) is 18.8. The lowest BCUT2D eigenvalue weighted by Gasteiger charge is -2.41. The third-order valence-corrected chi connectivity index (χ3v) is 5.84. The Labute approximate surface area is 150 Å². The molecule has 2 N–H and O–H groups in total. The maximum atomic E-state index is 13.2. The van der Waals surface area contributed by atoms with Crippen LogP contribution in [0.3, 0.4) is 0 Å². The fraction of sp³-hybridized carbons (Fsp3) is 0.333. The molecule has 1 saturated heterocycles. The highest BCUT2D eigenvalue weighted by Gasteiger charge is 2.54. The van der Waals surface area contributed by atoms with Crippen LogP contribution in [0.15, 0.2) is 60.7 Å². The molecule has 26 heavy (non-hydrogen) atoms. The lowest BCUT2D eigenvalue weighted by atomic mass is 9.77. The summed E-state index contributed by atoms with van der Waals surface area (Å²) < 4.78 is 65.9. The molecule has 1 aliphatic heterocycles. The average Bonchev–Trinajstić information content (AvgIpc) is 3.15. The molecule has 0 radical (unpaired) electrons. The first kappa shape index (κ1) is 18.9. The Hall–Kier alpha value is -1.90. The van der Waals surface area contributed by atoms with Crippen LogP contribution in [0, 0.1) is 0 Å². The van der Waals surface area contributed by atoms with E-state index < -0.39 is 27.1 Å². The molecule has 3 rings (SSSR count). The molecular formula is C18H19F3N2O2S. The van der Waals surface area contributed by atoms with Crippen molar-refractivity contribution < 1.29 is 21.6 Å². The fourth-order valence-electron chi connectivity index (χ4n) is 3.48. The van der Waals surface area contributed by atoms with Gasteiger partial charge in [0.05, 0.1) is 5.54 Å². The summed E-state index contributed by atoms with van der Waals surface area (Å²) in [6, 6.07) is 16.3. The predicted molar refractivity (Wildman–Crippen MR) is 92.8 cm³/mol. The Bertz CT molecular complexity index is 794. The molecule has 0 spiro atoms. The Kier molecular flexibility index (Phi) is 5.09. The van der Waals surface area contributed by atoms with Crippen LogP contribution < -0.4 is 10.0 Å². The van der Waals surface area contributed by atoms with Crippen LogP contribution >= 0.6 is 0 Å². The first-order valence-electron chi connectivity index (χ1n) is 8.22. The van der Waals surface area contributed by atoms with Crippen LogP contribution in [0.2, 0.25) is 0 Å². The standard InChI is InChI=1S/C18H19F3N2O2S/c19-18(20,21)26(24,25)23-17(16-12-7-13-22-16,14-8-3-1-4-9-14)15-10-5-2-6-11-15/h1-6,8-11,16,22-23H,7,12-13H2. The molecule has 0 aliphatic carbocycles. The van der Waals surface area contributed by atoms with Crippen LogP contribution in [0.4, 0.5) is 13.2 Å². The van der Waals surface area contributed by atoms with E-state index in [1.165, 1.54) is 0 Å². The minimum atomic E-state index is -5.58. The smallest absolute Gasteiger partial charge is 0.311 e. The van der Waals surface area contributed by atoms with Gasteiger partial charge < -0.3 is 5.32 Å². The Balaban J connectivity index is 2.25. The van der Waals surface area contributed by atoms with Gasteiger partial charge in [0.15, 0.2) is 0 Å². The van der Waals surface area contributed by atoms with E-state index >= 15 is 0 Å². The zero-order valence-electron chi connectivity index (χ0n) is 13.8. The minimum absolute atomic E-state index is 0.457. The van der Waals surface area contributed by atoms with Gasteiger partial charge in [0.1, 0.15) is 0 Å². The molecule has 0 aromatic heterocycles. The number of benzene rings is 2. The Morgan fingerprint density at radius 2 is 1.42 bits per heavy atom. The summed E-state index contributed by atoms with van der Waals surface area (Å²) in [5.41, 5.74) is -6.05. The third-order valence-electron chi connectivity index (χ3n) is 4.64. The number of hydrogen-bond acceptors (Lipinski definition) is 3. The van der Waals surface area contributed by atoms with Gasteiger partial charge in [-0.25, -0.2) is 8.42 Å². The van der Waals surface area contributed by atoms with Gasteiger partial charge in [0.2, 0.25) is 0 Å². The van der Waals surface area contributed by atoms with Crippen molar-refractivity contribution in [3.8, 4) is 0 Å². The van der Waals surface area contributed by atoms with Crippen molar-refractivity contribution in [2.75, 3.05) is 6.54 Å². The second-order valence-electron chi connectivity index (χ2n) is 6.24. The molecule has 1 heterocycles. The van der Waals surface area contributed by atoms with Gasteiger partial charge in [0, 0.05) is 6.04 Å². The molecule has 0 bridgehead atoms. The zero-order valence-corrected chi connectivity index (χ0v) is 14.6. The topological polar surface area (TPSA) is 58.2 Å². The molecular weight excluding hydrogens is 365 g/mol. The van der Waals surface area contributed by atoms with Gasteiger partial charge in [-0.15, -0.1) is 0 Å². The maximum absolute atomic E-state index is 13.2. The molecule has 1 fully saturated rings. The first-order chi connectivity index (χ1) is 12.3. The van der Waals surface area contributed by atoms with E-state index in [1.807, 2.05) is 4.72 Å². The van der Waals surface area contributed by atoms with Gasteiger partial charge in [0.25, 0.3) is 0 Å². The van der Waals surface area contributed by atoms with Crippen molar-refractivity contribution in [3.63, 3.8) is 0 Å². The van der Waals surface area contributed by atoms with Gasteiger partial charge in [-0.05, 0) is 30.5 Å². The molecule has 2 aromatic carbocycles. The predicted octanol–water partition coefficient (Wildman–Crippen LogP) is 3.12. The lowest BCUT2D eigenvalue weighted by Crippen LogP contribution is -2.59. The Morgan fingerprint density at radius 3 is 1.81 bits per heavy atom. The molecule has 4 nitrogen and oxygen atoms in total. The van der Waals surface area contributed by atoms with Crippen molar-refractivity contribution in [2.24, 2.45) is 0 Å². The summed E-state index contributed by atoms with van der Waals surface area (Å²) in [6.45, 7) is 0.611.